The summed E-state index contributed by atoms with van der Waals surface area (Å²) in [6, 6.07) is 15.9. The lowest BCUT2D eigenvalue weighted by molar-refractivity contribution is 0.251. The van der Waals surface area contributed by atoms with Gasteiger partial charge in [0.1, 0.15) is 0 Å². The Morgan fingerprint density at radius 2 is 2.00 bits per heavy atom. The summed E-state index contributed by atoms with van der Waals surface area (Å²) >= 11 is 1.89. The van der Waals surface area contributed by atoms with Crippen molar-refractivity contribution in [3.05, 3.63) is 58.3 Å². The van der Waals surface area contributed by atoms with Crippen molar-refractivity contribution in [2.24, 2.45) is 0 Å². The summed E-state index contributed by atoms with van der Waals surface area (Å²) in [6.45, 7) is 2.32. The van der Waals surface area contributed by atoms with Crippen molar-refractivity contribution in [2.45, 2.75) is 25.4 Å². The van der Waals surface area contributed by atoms with Crippen LogP contribution >= 0.6 is 11.3 Å². The fourth-order valence-electron chi connectivity index (χ4n) is 2.64. The zero-order valence-electron chi connectivity index (χ0n) is 9.88. The van der Waals surface area contributed by atoms with E-state index >= 15 is 0 Å². The molecule has 0 N–H and O–H groups in total. The first-order valence-corrected chi connectivity index (χ1v) is 7.13. The normalized spacial score (nSPS) is 20.8. The highest BCUT2D eigenvalue weighted by atomic mass is 32.1. The monoisotopic (exact) mass is 243 g/mol. The molecule has 1 fully saturated rings. The summed E-state index contributed by atoms with van der Waals surface area (Å²) in [6.07, 6.45) is 2.64. The Hall–Kier alpha value is -1.12. The number of likely N-dealkylation sites (tertiary alicyclic amines) is 1. The first-order chi connectivity index (χ1) is 8.43. The molecule has 1 aromatic heterocycles. The van der Waals surface area contributed by atoms with E-state index in [0.29, 0.717) is 6.04 Å². The maximum atomic E-state index is 2.61. The number of benzene rings is 1. The fourth-order valence-corrected chi connectivity index (χ4v) is 3.53. The van der Waals surface area contributed by atoms with Crippen molar-refractivity contribution in [3.63, 3.8) is 0 Å². The van der Waals surface area contributed by atoms with Crippen molar-refractivity contribution < 1.29 is 0 Å². The Morgan fingerprint density at radius 1 is 1.12 bits per heavy atom. The molecule has 0 amide bonds. The molecule has 0 radical (unpaired) electrons. The van der Waals surface area contributed by atoms with Gasteiger partial charge >= 0.3 is 0 Å². The average molecular weight is 243 g/mol. The van der Waals surface area contributed by atoms with E-state index in [1.54, 1.807) is 0 Å². The van der Waals surface area contributed by atoms with E-state index in [2.05, 4.69) is 52.7 Å². The molecule has 88 valence electrons. The number of hydrogen-bond donors (Lipinski definition) is 0. The zero-order valence-corrected chi connectivity index (χ0v) is 10.7. The second-order valence-electron chi connectivity index (χ2n) is 4.63. The van der Waals surface area contributed by atoms with Crippen LogP contribution in [0.4, 0.5) is 0 Å². The Balaban J connectivity index is 1.75. The molecule has 0 unspecified atom stereocenters. The lowest BCUT2D eigenvalue weighted by Crippen LogP contribution is -2.22. The summed E-state index contributed by atoms with van der Waals surface area (Å²) in [4.78, 5) is 4.14. The van der Waals surface area contributed by atoms with Crippen LogP contribution in [0.2, 0.25) is 0 Å². The highest BCUT2D eigenvalue weighted by molar-refractivity contribution is 7.10. The zero-order chi connectivity index (χ0) is 11.5. The van der Waals surface area contributed by atoms with E-state index < -0.39 is 0 Å². The topological polar surface area (TPSA) is 3.24 Å². The molecule has 17 heavy (non-hydrogen) atoms. The highest BCUT2D eigenvalue weighted by Gasteiger charge is 2.26. The van der Waals surface area contributed by atoms with Gasteiger partial charge in [-0.05, 0) is 36.4 Å². The number of nitrogens with zero attached hydrogens (tertiary/aromatic N) is 1. The van der Waals surface area contributed by atoms with Crippen molar-refractivity contribution >= 4 is 11.3 Å². The van der Waals surface area contributed by atoms with Gasteiger partial charge in [0.15, 0.2) is 0 Å². The minimum atomic E-state index is 0.648. The molecule has 0 spiro atoms. The van der Waals surface area contributed by atoms with E-state index in [4.69, 9.17) is 0 Å². The molecule has 2 heterocycles. The summed E-state index contributed by atoms with van der Waals surface area (Å²) < 4.78 is 0. The first-order valence-electron chi connectivity index (χ1n) is 6.25. The third-order valence-corrected chi connectivity index (χ3v) is 4.44. The lowest BCUT2D eigenvalue weighted by Gasteiger charge is -2.23. The van der Waals surface area contributed by atoms with Gasteiger partial charge in [0.05, 0.1) is 0 Å². The number of thiophene rings is 1. The van der Waals surface area contributed by atoms with E-state index in [0.717, 1.165) is 6.54 Å². The Labute approximate surface area is 107 Å². The second kappa shape index (κ2) is 5.03. The molecular formula is C15H17NS. The molecule has 1 aliphatic heterocycles. The van der Waals surface area contributed by atoms with Crippen LogP contribution in [0.1, 0.15) is 29.3 Å². The molecule has 1 nitrogen and oxygen atoms in total. The molecular weight excluding hydrogens is 226 g/mol. The molecule has 1 aliphatic rings. The molecule has 0 saturated carbocycles. The molecule has 3 rings (SSSR count). The predicted octanol–water partition coefficient (Wildman–Crippen LogP) is 4.09. The number of rotatable bonds is 3. The van der Waals surface area contributed by atoms with Crippen LogP contribution in [-0.2, 0) is 6.54 Å². The van der Waals surface area contributed by atoms with E-state index in [1.807, 2.05) is 11.3 Å². The highest BCUT2D eigenvalue weighted by Crippen LogP contribution is 2.35. The van der Waals surface area contributed by atoms with Crippen LogP contribution in [0.15, 0.2) is 47.8 Å². The van der Waals surface area contributed by atoms with Crippen LogP contribution in [0.5, 0.6) is 0 Å². The average Bonchev–Trinajstić information content (AvgIpc) is 3.00. The first kappa shape index (κ1) is 11.0. The van der Waals surface area contributed by atoms with Crippen LogP contribution in [0.25, 0.3) is 0 Å². The largest absolute Gasteiger partial charge is 0.291 e. The molecule has 1 aromatic carbocycles. The van der Waals surface area contributed by atoms with Gasteiger partial charge in [-0.3, -0.25) is 4.90 Å². The second-order valence-corrected chi connectivity index (χ2v) is 5.61. The standard InChI is InChI=1S/C15H17NS/c1-2-6-13(7-3-1)12-16-10-4-8-14(16)15-9-5-11-17-15/h1-3,5-7,9,11,14H,4,8,10,12H2/t14-/m0/s1. The fraction of sp³-hybridized carbons (Fsp3) is 0.333. The Morgan fingerprint density at radius 3 is 2.76 bits per heavy atom. The molecule has 2 aromatic rings. The van der Waals surface area contributed by atoms with Gasteiger partial charge in [-0.2, -0.15) is 0 Å². The quantitative estimate of drug-likeness (QED) is 0.785. The van der Waals surface area contributed by atoms with E-state index in [-0.39, 0.29) is 0 Å². The van der Waals surface area contributed by atoms with Crippen LogP contribution in [0, 0.1) is 0 Å². The summed E-state index contributed by atoms with van der Waals surface area (Å²) in [5.41, 5.74) is 1.43. The third-order valence-electron chi connectivity index (χ3n) is 3.46. The maximum Gasteiger partial charge on any atom is 0.0445 e. The number of hydrogen-bond acceptors (Lipinski definition) is 2. The van der Waals surface area contributed by atoms with Crippen LogP contribution in [0.3, 0.4) is 0 Å². The van der Waals surface area contributed by atoms with Gasteiger partial charge in [0.25, 0.3) is 0 Å². The summed E-state index contributed by atoms with van der Waals surface area (Å²) in [7, 11) is 0. The smallest absolute Gasteiger partial charge is 0.0445 e. The predicted molar refractivity (Wildman–Crippen MR) is 73.1 cm³/mol. The van der Waals surface area contributed by atoms with Crippen molar-refractivity contribution in [3.8, 4) is 0 Å². The van der Waals surface area contributed by atoms with Crippen molar-refractivity contribution in [1.29, 1.82) is 0 Å². The van der Waals surface area contributed by atoms with Gasteiger partial charge in [-0.15, -0.1) is 11.3 Å². The van der Waals surface area contributed by atoms with Gasteiger partial charge in [0.2, 0.25) is 0 Å². The maximum absolute atomic E-state index is 2.61. The van der Waals surface area contributed by atoms with Crippen LogP contribution in [-0.4, -0.2) is 11.4 Å². The van der Waals surface area contributed by atoms with Crippen LogP contribution < -0.4 is 0 Å². The molecule has 1 atom stereocenters. The Bertz CT molecular complexity index is 449. The summed E-state index contributed by atoms with van der Waals surface area (Å²) in [5.74, 6) is 0. The van der Waals surface area contributed by atoms with Crippen molar-refractivity contribution in [1.82, 2.24) is 4.90 Å². The van der Waals surface area contributed by atoms with Gasteiger partial charge in [-0.25, -0.2) is 0 Å². The third kappa shape index (κ3) is 2.43. The van der Waals surface area contributed by atoms with Gasteiger partial charge in [0, 0.05) is 17.5 Å². The van der Waals surface area contributed by atoms with Crippen molar-refractivity contribution in [2.75, 3.05) is 6.54 Å². The lowest BCUT2D eigenvalue weighted by atomic mass is 10.1. The van der Waals surface area contributed by atoms with E-state index in [1.165, 1.54) is 29.8 Å². The van der Waals surface area contributed by atoms with Gasteiger partial charge in [-0.1, -0.05) is 36.4 Å². The molecule has 1 saturated heterocycles. The molecule has 0 bridgehead atoms. The summed E-state index contributed by atoms with van der Waals surface area (Å²) in [5, 5.41) is 2.19. The molecule has 2 heteroatoms. The minimum absolute atomic E-state index is 0.648. The minimum Gasteiger partial charge on any atom is -0.291 e. The van der Waals surface area contributed by atoms with E-state index in [9.17, 15) is 0 Å². The Kier molecular flexibility index (Phi) is 3.25. The van der Waals surface area contributed by atoms with Gasteiger partial charge < -0.3 is 0 Å². The molecule has 0 aliphatic carbocycles. The SMILES string of the molecule is c1ccc(CN2CCC[C@H]2c2cccs2)cc1.